The Morgan fingerprint density at radius 1 is 0.867 bits per heavy atom. The average Bonchev–Trinajstić information content (AvgIpc) is 3.96. The van der Waals surface area contributed by atoms with Crippen LogP contribution in [0.3, 0.4) is 0 Å². The Bertz CT molecular complexity index is 2410. The van der Waals surface area contributed by atoms with Crippen LogP contribution < -0.4 is 27.4 Å². The molecule has 0 bridgehead atoms. The largest absolute Gasteiger partial charge is 0.361 e. The van der Waals surface area contributed by atoms with Crippen molar-refractivity contribution in [2.45, 2.75) is 79.7 Å². The number of H-pyrrole nitrogens is 2. The van der Waals surface area contributed by atoms with Crippen LogP contribution in [0.5, 0.6) is 0 Å². The molecular formula is C43H49ClN12O3S. The maximum absolute atomic E-state index is 14.8. The van der Waals surface area contributed by atoms with Gasteiger partial charge in [-0.2, -0.15) is 5.21 Å². The first-order valence-corrected chi connectivity index (χ1v) is 21.3. The predicted molar refractivity (Wildman–Crippen MR) is 233 cm³/mol. The van der Waals surface area contributed by atoms with E-state index in [1.165, 1.54) is 16.7 Å². The molecule has 0 radical (unpaired) electrons. The number of halogens is 1. The van der Waals surface area contributed by atoms with Gasteiger partial charge in [0.25, 0.3) is 0 Å². The number of carbonyl (C=O) groups excluding carboxylic acids is 3. The summed E-state index contributed by atoms with van der Waals surface area (Å²) in [4.78, 5) is 53.8. The van der Waals surface area contributed by atoms with Crippen LogP contribution in [-0.2, 0) is 33.9 Å². The number of tetrazole rings is 1. The lowest BCUT2D eigenvalue weighted by atomic mass is 9.97. The first kappa shape index (κ1) is 42.5. The van der Waals surface area contributed by atoms with E-state index in [0.717, 1.165) is 44.3 Å². The molecule has 17 heteroatoms. The van der Waals surface area contributed by atoms with Crippen molar-refractivity contribution in [3.05, 3.63) is 107 Å². The van der Waals surface area contributed by atoms with E-state index >= 15 is 0 Å². The summed E-state index contributed by atoms with van der Waals surface area (Å²) in [7, 11) is 1.63. The molecule has 3 aromatic heterocycles. The summed E-state index contributed by atoms with van der Waals surface area (Å²) < 4.78 is 0. The van der Waals surface area contributed by atoms with Crippen molar-refractivity contribution in [1.29, 1.82) is 0 Å². The van der Waals surface area contributed by atoms with Gasteiger partial charge in [0.05, 0.1) is 11.1 Å². The van der Waals surface area contributed by atoms with E-state index in [0.29, 0.717) is 72.5 Å². The van der Waals surface area contributed by atoms with Gasteiger partial charge in [-0.3, -0.25) is 14.4 Å². The number of nitrogens with zero attached hydrogens (tertiary/aromatic N) is 5. The van der Waals surface area contributed by atoms with E-state index in [1.807, 2.05) is 79.0 Å². The van der Waals surface area contributed by atoms with E-state index in [2.05, 4.69) is 41.6 Å². The van der Waals surface area contributed by atoms with Gasteiger partial charge in [-0.15, -0.1) is 10.2 Å². The van der Waals surface area contributed by atoms with Crippen LogP contribution in [0.15, 0.2) is 95.1 Å². The smallest absolute Gasteiger partial charge is 0.245 e. The Kier molecular flexibility index (Phi) is 14.2. The van der Waals surface area contributed by atoms with Crippen molar-refractivity contribution in [2.24, 2.45) is 11.5 Å². The second kappa shape index (κ2) is 20.1. The minimum atomic E-state index is -0.956. The highest BCUT2D eigenvalue weighted by Crippen LogP contribution is 2.41. The maximum Gasteiger partial charge on any atom is 0.245 e. The summed E-state index contributed by atoms with van der Waals surface area (Å²) in [5.41, 5.74) is 17.7. The van der Waals surface area contributed by atoms with Gasteiger partial charge in [0.1, 0.15) is 17.1 Å². The van der Waals surface area contributed by atoms with E-state index < -0.39 is 18.1 Å². The molecule has 4 heterocycles. The van der Waals surface area contributed by atoms with Crippen LogP contribution in [0.4, 0.5) is 0 Å². The molecule has 6 aromatic rings. The number of fused-ring (bicyclic) bond motifs is 3. The number of hydrogen-bond donors (Lipinski definition) is 7. The number of nitrogens with one attached hydrogen (secondary N) is 5. The molecule has 0 saturated heterocycles. The SMILES string of the molecule is CN1C(=O)[C@H](CCCCN)NC(=O)[C@H](CCCN)NCc2cccnc2Sc2c(Cl)ccc(-c3ccc(-c4nn[nH]n4)cc3)c2CNC(=O)[C@@H]1Cc1c[nH]c2ccccc12. The lowest BCUT2D eigenvalue weighted by Gasteiger charge is -2.32. The number of likely N-dealkylation sites (N-methyl/N-ethyl adjacent to an activating group) is 1. The quantitative estimate of drug-likeness (QED) is 0.0883. The molecule has 3 amide bonds. The topological polar surface area (TPSA) is 226 Å². The number of pyridine rings is 1. The standard InChI is InChI=1S/C43H49ClN12O3S/c1-56-37(22-29-24-48-34-10-3-2-9-31(29)34)41(58)50-25-32-30(26-13-15-27(16-14-26)39-52-54-55-53-39)17-18-33(44)38(32)60-42-28(8-7-21-47-42)23-49-35(12-6-20-46)40(57)51-36(43(56)59)11-4-5-19-45/h2-3,7-10,13-18,21,24,35-37,48-49H,4-6,11-12,19-20,22-23,25,45-46H2,1H3,(H,50,58)(H,51,57)(H,52,53,54,55)/t35-,36-,37-/m0/s1. The molecule has 15 nitrogen and oxygen atoms in total. The summed E-state index contributed by atoms with van der Waals surface area (Å²) in [6.07, 6.45) is 6.45. The van der Waals surface area contributed by atoms with Gasteiger partial charge in [0.15, 0.2) is 0 Å². The molecule has 9 N–H and O–H groups in total. The van der Waals surface area contributed by atoms with Gasteiger partial charge >= 0.3 is 0 Å². The van der Waals surface area contributed by atoms with Crippen LogP contribution in [0.1, 0.15) is 48.8 Å². The Balaban J connectivity index is 1.33. The number of unbranched alkanes of at least 4 members (excludes halogenated alkanes) is 1. The van der Waals surface area contributed by atoms with E-state index in [1.54, 1.807) is 13.2 Å². The molecule has 3 aromatic carbocycles. The highest BCUT2D eigenvalue weighted by molar-refractivity contribution is 7.99. The fourth-order valence-corrected chi connectivity index (χ4v) is 8.84. The number of para-hydroxylation sites is 1. The highest BCUT2D eigenvalue weighted by atomic mass is 35.5. The van der Waals surface area contributed by atoms with Crippen molar-refractivity contribution >= 4 is 52.0 Å². The number of carbonyl (C=O) groups is 3. The third-order valence-corrected chi connectivity index (χ3v) is 12.5. The van der Waals surface area contributed by atoms with E-state index in [-0.39, 0.29) is 30.7 Å². The van der Waals surface area contributed by atoms with Crippen LogP contribution in [0.2, 0.25) is 5.02 Å². The first-order chi connectivity index (χ1) is 29.2. The van der Waals surface area contributed by atoms with Crippen molar-refractivity contribution in [2.75, 3.05) is 20.1 Å². The Morgan fingerprint density at radius 3 is 2.43 bits per heavy atom. The fourth-order valence-electron chi connectivity index (χ4n) is 7.50. The molecule has 0 aliphatic carbocycles. The number of rotatable bonds is 11. The third kappa shape index (κ3) is 9.86. The molecule has 3 atom stereocenters. The van der Waals surface area contributed by atoms with Crippen molar-refractivity contribution < 1.29 is 14.4 Å². The normalized spacial score (nSPS) is 18.1. The summed E-state index contributed by atoms with van der Waals surface area (Å²) in [6.45, 7) is 1.22. The fraction of sp³-hybridized carbons (Fsp3) is 0.326. The molecule has 0 unspecified atom stereocenters. The monoisotopic (exact) mass is 848 g/mol. The van der Waals surface area contributed by atoms with Crippen molar-refractivity contribution in [1.82, 2.24) is 51.4 Å². The van der Waals surface area contributed by atoms with E-state index in [9.17, 15) is 14.4 Å². The minimum Gasteiger partial charge on any atom is -0.361 e. The summed E-state index contributed by atoms with van der Waals surface area (Å²) in [6, 6.07) is 20.6. The number of benzene rings is 3. The number of aromatic nitrogens is 6. The Labute approximate surface area is 357 Å². The number of aromatic amines is 2. The van der Waals surface area contributed by atoms with Gasteiger partial charge in [0.2, 0.25) is 23.5 Å². The number of amides is 3. The molecule has 312 valence electrons. The zero-order chi connectivity index (χ0) is 42.0. The zero-order valence-corrected chi connectivity index (χ0v) is 34.9. The van der Waals surface area contributed by atoms with Gasteiger partial charge < -0.3 is 37.3 Å². The molecular weight excluding hydrogens is 800 g/mol. The summed E-state index contributed by atoms with van der Waals surface area (Å²) >= 11 is 8.46. The second-order valence-electron chi connectivity index (χ2n) is 14.7. The van der Waals surface area contributed by atoms with E-state index in [4.69, 9.17) is 28.1 Å². The van der Waals surface area contributed by atoms with Crippen LogP contribution in [0.25, 0.3) is 33.4 Å². The second-order valence-corrected chi connectivity index (χ2v) is 16.1. The maximum atomic E-state index is 14.8. The molecule has 1 aliphatic heterocycles. The minimum absolute atomic E-state index is 0.0777. The van der Waals surface area contributed by atoms with Crippen molar-refractivity contribution in [3.63, 3.8) is 0 Å². The lowest BCUT2D eigenvalue weighted by Crippen LogP contribution is -2.57. The molecule has 1 aliphatic rings. The van der Waals surface area contributed by atoms with Crippen LogP contribution >= 0.6 is 23.4 Å². The first-order valence-electron chi connectivity index (χ1n) is 20.1. The molecule has 60 heavy (non-hydrogen) atoms. The molecule has 7 rings (SSSR count). The van der Waals surface area contributed by atoms with Gasteiger partial charge in [-0.25, -0.2) is 4.98 Å². The number of hydrogen-bond acceptors (Lipinski definition) is 11. The molecule has 0 spiro atoms. The van der Waals surface area contributed by atoms with Crippen LogP contribution in [0, 0.1) is 0 Å². The number of nitrogens with two attached hydrogens (primary N) is 2. The molecule has 0 fully saturated rings. The van der Waals surface area contributed by atoms with Crippen LogP contribution in [-0.4, -0.2) is 91.5 Å². The predicted octanol–water partition coefficient (Wildman–Crippen LogP) is 4.73. The summed E-state index contributed by atoms with van der Waals surface area (Å²) in [5.74, 6) is -0.613. The average molecular weight is 849 g/mol. The summed E-state index contributed by atoms with van der Waals surface area (Å²) in [5, 5.41) is 26.2. The zero-order valence-electron chi connectivity index (χ0n) is 33.3. The molecule has 0 saturated carbocycles. The van der Waals surface area contributed by atoms with Crippen molar-refractivity contribution in [3.8, 4) is 22.5 Å². The Hall–Kier alpha value is -5.65. The highest BCUT2D eigenvalue weighted by Gasteiger charge is 2.34. The van der Waals surface area contributed by atoms with Gasteiger partial charge in [-0.1, -0.05) is 78.0 Å². The van der Waals surface area contributed by atoms with Gasteiger partial charge in [-0.05, 0) is 96.4 Å². The Morgan fingerprint density at radius 2 is 1.65 bits per heavy atom. The lowest BCUT2D eigenvalue weighted by molar-refractivity contribution is -0.142. The van der Waals surface area contributed by atoms with Gasteiger partial charge in [0, 0.05) is 60.3 Å². The third-order valence-electron chi connectivity index (χ3n) is 10.8.